The van der Waals surface area contributed by atoms with E-state index in [2.05, 4.69) is 14.8 Å². The van der Waals surface area contributed by atoms with Crippen LogP contribution < -0.4 is 4.74 Å². The second kappa shape index (κ2) is 8.91. The molecule has 6 nitrogen and oxygen atoms in total. The zero-order valence-corrected chi connectivity index (χ0v) is 16.0. The van der Waals surface area contributed by atoms with Gasteiger partial charge in [0.05, 0.1) is 32.6 Å². The Kier molecular flexibility index (Phi) is 6.35. The highest BCUT2D eigenvalue weighted by atomic mass is 32.2. The molecule has 2 aromatic heterocycles. The van der Waals surface area contributed by atoms with Crippen molar-refractivity contribution in [3.05, 3.63) is 48.4 Å². The summed E-state index contributed by atoms with van der Waals surface area (Å²) in [4.78, 5) is 0. The lowest BCUT2D eigenvalue weighted by Gasteiger charge is -2.10. The van der Waals surface area contributed by atoms with Crippen molar-refractivity contribution in [3.8, 4) is 17.1 Å². The summed E-state index contributed by atoms with van der Waals surface area (Å²) in [6.45, 7) is 5.31. The topological polar surface area (TPSA) is 62.3 Å². The summed E-state index contributed by atoms with van der Waals surface area (Å²) in [5, 5.41) is 9.63. The molecule has 3 aromatic rings. The maximum Gasteiger partial charge on any atom is 0.192 e. The number of rotatable bonds is 9. The first kappa shape index (κ1) is 18.5. The lowest BCUT2D eigenvalue weighted by Crippen LogP contribution is -2.07. The second-order valence-electron chi connectivity index (χ2n) is 5.97. The van der Waals surface area contributed by atoms with Crippen molar-refractivity contribution in [1.82, 2.24) is 14.8 Å². The molecule has 0 aliphatic rings. The molecule has 26 heavy (non-hydrogen) atoms. The number of hydrogen-bond acceptors (Lipinski definition) is 6. The van der Waals surface area contributed by atoms with Gasteiger partial charge in [-0.25, -0.2) is 0 Å². The molecule has 0 amide bonds. The first-order valence-corrected chi connectivity index (χ1v) is 9.50. The van der Waals surface area contributed by atoms with Gasteiger partial charge in [-0.2, -0.15) is 0 Å². The highest BCUT2D eigenvalue weighted by molar-refractivity contribution is 7.99. The fraction of sp³-hybridized carbons (Fsp3) is 0.368. The van der Waals surface area contributed by atoms with Gasteiger partial charge < -0.3 is 13.9 Å². The lowest BCUT2D eigenvalue weighted by atomic mass is 10.2. The molecule has 0 saturated carbocycles. The molecule has 0 bridgehead atoms. The molecule has 0 aliphatic carbocycles. The van der Waals surface area contributed by atoms with Crippen LogP contribution in [0.15, 0.2) is 52.2 Å². The Labute approximate surface area is 157 Å². The highest BCUT2D eigenvalue weighted by Gasteiger charge is 2.16. The molecule has 0 aliphatic heterocycles. The summed E-state index contributed by atoms with van der Waals surface area (Å²) in [5.74, 6) is 3.24. The Morgan fingerprint density at radius 3 is 2.81 bits per heavy atom. The van der Waals surface area contributed by atoms with Gasteiger partial charge in [0.2, 0.25) is 0 Å². The van der Waals surface area contributed by atoms with Crippen molar-refractivity contribution < 1.29 is 13.9 Å². The molecule has 0 spiro atoms. The first-order valence-electron chi connectivity index (χ1n) is 8.51. The van der Waals surface area contributed by atoms with Gasteiger partial charge in [-0.3, -0.25) is 4.57 Å². The molecule has 1 aromatic carbocycles. The summed E-state index contributed by atoms with van der Waals surface area (Å²) in [7, 11) is 1.66. The van der Waals surface area contributed by atoms with E-state index >= 15 is 0 Å². The van der Waals surface area contributed by atoms with Crippen molar-refractivity contribution in [2.45, 2.75) is 31.7 Å². The third kappa shape index (κ3) is 4.68. The SMILES string of the molecule is COc1cccc(-c2nnc(SCCOC(C)C)n2Cc2ccco2)c1. The smallest absolute Gasteiger partial charge is 0.192 e. The van der Waals surface area contributed by atoms with E-state index in [0.717, 1.165) is 33.8 Å². The van der Waals surface area contributed by atoms with Crippen molar-refractivity contribution in [1.29, 1.82) is 0 Å². The first-order chi connectivity index (χ1) is 12.7. The number of benzene rings is 1. The maximum atomic E-state index is 5.62. The van der Waals surface area contributed by atoms with Crippen molar-refractivity contribution in [2.75, 3.05) is 19.5 Å². The van der Waals surface area contributed by atoms with Crippen LogP contribution in [0.25, 0.3) is 11.4 Å². The number of furan rings is 1. The van der Waals surface area contributed by atoms with Crippen LogP contribution in [-0.4, -0.2) is 40.3 Å². The van der Waals surface area contributed by atoms with Gasteiger partial charge in [0.25, 0.3) is 0 Å². The zero-order valence-electron chi connectivity index (χ0n) is 15.2. The number of aromatic nitrogens is 3. The van der Waals surface area contributed by atoms with Gasteiger partial charge in [-0.05, 0) is 38.1 Å². The summed E-state index contributed by atoms with van der Waals surface area (Å²) in [6, 6.07) is 11.7. The van der Waals surface area contributed by atoms with E-state index in [1.165, 1.54) is 0 Å². The number of thioether (sulfide) groups is 1. The van der Waals surface area contributed by atoms with Gasteiger partial charge in [0.15, 0.2) is 11.0 Å². The Hall–Kier alpha value is -2.25. The Morgan fingerprint density at radius 1 is 1.19 bits per heavy atom. The normalized spacial score (nSPS) is 11.2. The number of hydrogen-bond donors (Lipinski definition) is 0. The monoisotopic (exact) mass is 373 g/mol. The van der Waals surface area contributed by atoms with Crippen LogP contribution in [0.4, 0.5) is 0 Å². The van der Waals surface area contributed by atoms with E-state index in [4.69, 9.17) is 13.9 Å². The Balaban J connectivity index is 1.85. The van der Waals surface area contributed by atoms with Gasteiger partial charge in [-0.1, -0.05) is 23.9 Å². The maximum absolute atomic E-state index is 5.62. The van der Waals surface area contributed by atoms with Crippen molar-refractivity contribution >= 4 is 11.8 Å². The number of ether oxygens (including phenoxy) is 2. The highest BCUT2D eigenvalue weighted by Crippen LogP contribution is 2.27. The van der Waals surface area contributed by atoms with Crippen LogP contribution in [0.5, 0.6) is 5.75 Å². The molecule has 7 heteroatoms. The van der Waals surface area contributed by atoms with E-state index in [1.807, 2.05) is 50.2 Å². The van der Waals surface area contributed by atoms with Gasteiger partial charge in [0, 0.05) is 11.3 Å². The summed E-state index contributed by atoms with van der Waals surface area (Å²) in [5.41, 5.74) is 0.952. The molecule has 0 fully saturated rings. The zero-order chi connectivity index (χ0) is 18.4. The summed E-state index contributed by atoms with van der Waals surface area (Å²) in [6.07, 6.45) is 1.90. The predicted octanol–water partition coefficient (Wildman–Crippen LogP) is 4.11. The van der Waals surface area contributed by atoms with E-state index in [1.54, 1.807) is 25.1 Å². The molecule has 0 atom stereocenters. The molecule has 0 radical (unpaired) electrons. The summed E-state index contributed by atoms with van der Waals surface area (Å²) < 4.78 is 18.5. The van der Waals surface area contributed by atoms with Crippen LogP contribution >= 0.6 is 11.8 Å². The minimum absolute atomic E-state index is 0.226. The van der Waals surface area contributed by atoms with Gasteiger partial charge in [0.1, 0.15) is 11.5 Å². The second-order valence-corrected chi connectivity index (χ2v) is 7.03. The quantitative estimate of drug-likeness (QED) is 0.415. The molecular weight excluding hydrogens is 350 g/mol. The predicted molar refractivity (Wildman–Crippen MR) is 102 cm³/mol. The van der Waals surface area contributed by atoms with Crippen LogP contribution in [0.2, 0.25) is 0 Å². The fourth-order valence-electron chi connectivity index (χ4n) is 2.49. The van der Waals surface area contributed by atoms with E-state index < -0.39 is 0 Å². The Bertz CT molecular complexity index is 815. The largest absolute Gasteiger partial charge is 0.497 e. The minimum atomic E-state index is 0.226. The average molecular weight is 373 g/mol. The summed E-state index contributed by atoms with van der Waals surface area (Å²) >= 11 is 1.63. The molecular formula is C19H23N3O3S. The average Bonchev–Trinajstić information content (AvgIpc) is 3.29. The van der Waals surface area contributed by atoms with Gasteiger partial charge in [-0.15, -0.1) is 10.2 Å². The molecule has 3 rings (SSSR count). The molecule has 0 saturated heterocycles. The number of nitrogens with zero attached hydrogens (tertiary/aromatic N) is 3. The standard InChI is InChI=1S/C19H23N3O3S/c1-14(2)24-10-11-26-19-21-20-18(15-6-4-7-16(12-15)23-3)22(19)13-17-8-5-9-25-17/h4-9,12,14H,10-11,13H2,1-3H3. The molecule has 0 N–H and O–H groups in total. The molecule has 0 unspecified atom stereocenters. The minimum Gasteiger partial charge on any atom is -0.497 e. The van der Waals surface area contributed by atoms with Crippen LogP contribution in [0.1, 0.15) is 19.6 Å². The lowest BCUT2D eigenvalue weighted by molar-refractivity contribution is 0.0920. The van der Waals surface area contributed by atoms with Crippen LogP contribution in [-0.2, 0) is 11.3 Å². The van der Waals surface area contributed by atoms with E-state index in [-0.39, 0.29) is 6.10 Å². The third-order valence-corrected chi connectivity index (χ3v) is 4.64. The van der Waals surface area contributed by atoms with Crippen LogP contribution in [0.3, 0.4) is 0 Å². The fourth-order valence-corrected chi connectivity index (χ4v) is 3.26. The molecule has 2 heterocycles. The van der Waals surface area contributed by atoms with Crippen molar-refractivity contribution in [3.63, 3.8) is 0 Å². The van der Waals surface area contributed by atoms with E-state index in [0.29, 0.717) is 13.2 Å². The number of methoxy groups -OCH3 is 1. The third-order valence-electron chi connectivity index (χ3n) is 3.70. The molecule has 138 valence electrons. The van der Waals surface area contributed by atoms with Gasteiger partial charge >= 0.3 is 0 Å². The van der Waals surface area contributed by atoms with E-state index in [9.17, 15) is 0 Å². The Morgan fingerprint density at radius 2 is 2.08 bits per heavy atom. The van der Waals surface area contributed by atoms with Crippen LogP contribution in [0, 0.1) is 0 Å². The van der Waals surface area contributed by atoms with Crippen molar-refractivity contribution in [2.24, 2.45) is 0 Å².